The van der Waals surface area contributed by atoms with E-state index in [9.17, 15) is 14.4 Å². The van der Waals surface area contributed by atoms with Gasteiger partial charge in [-0.3, -0.25) is 14.5 Å². The van der Waals surface area contributed by atoms with E-state index >= 15 is 0 Å². The molecule has 3 aromatic carbocycles. The number of benzene rings is 3. The van der Waals surface area contributed by atoms with Gasteiger partial charge in [-0.15, -0.1) is 11.8 Å². The summed E-state index contributed by atoms with van der Waals surface area (Å²) in [6, 6.07) is 23.6. The summed E-state index contributed by atoms with van der Waals surface area (Å²) in [5, 5.41) is 2.77. The Bertz CT molecular complexity index is 1620. The summed E-state index contributed by atoms with van der Waals surface area (Å²) in [7, 11) is 0. The van der Waals surface area contributed by atoms with Crippen LogP contribution in [0.2, 0.25) is 0 Å². The van der Waals surface area contributed by atoms with Crippen LogP contribution in [-0.2, 0) is 23.9 Å². The summed E-state index contributed by atoms with van der Waals surface area (Å²) in [5.74, 6) is -0.693. The van der Waals surface area contributed by atoms with Gasteiger partial charge in [0.25, 0.3) is 5.91 Å². The van der Waals surface area contributed by atoms with Gasteiger partial charge in [-0.1, -0.05) is 66.7 Å². The van der Waals surface area contributed by atoms with E-state index in [1.165, 1.54) is 23.6 Å². The maximum Gasteiger partial charge on any atom is 0.356 e. The number of carbonyl (C=O) groups is 3. The molecule has 10 nitrogen and oxygen atoms in total. The highest BCUT2D eigenvalue weighted by molar-refractivity contribution is 8.00. The summed E-state index contributed by atoms with van der Waals surface area (Å²) >= 11 is 1.47. The Labute approximate surface area is 239 Å². The number of hydrogen-bond acceptors (Lipinski definition) is 9. The van der Waals surface area contributed by atoms with Crippen LogP contribution < -0.4 is 11.1 Å². The molecule has 0 spiro atoms. The molecule has 3 heterocycles. The van der Waals surface area contributed by atoms with Crippen molar-refractivity contribution in [2.24, 2.45) is 0 Å². The second kappa shape index (κ2) is 11.0. The number of rotatable bonds is 8. The van der Waals surface area contributed by atoms with Crippen molar-refractivity contribution in [1.82, 2.24) is 14.9 Å². The van der Waals surface area contributed by atoms with Crippen molar-refractivity contribution in [2.75, 3.05) is 23.4 Å². The number of para-hydroxylation sites is 1. The van der Waals surface area contributed by atoms with Gasteiger partial charge in [-0.05, 0) is 23.3 Å². The molecular formula is C30H27N5O5S. The van der Waals surface area contributed by atoms with E-state index in [4.69, 9.17) is 15.2 Å². The van der Waals surface area contributed by atoms with Gasteiger partial charge in [0.1, 0.15) is 29.2 Å². The predicted octanol–water partition coefficient (Wildman–Crippen LogP) is 3.99. The number of hydrogen-bond donors (Lipinski definition) is 3. The minimum atomic E-state index is -0.702. The van der Waals surface area contributed by atoms with Crippen LogP contribution in [-0.4, -0.2) is 56.5 Å². The number of anilines is 2. The van der Waals surface area contributed by atoms with E-state index < -0.39 is 29.5 Å². The number of nitrogens with zero attached hydrogens (tertiary/aromatic N) is 2. The molecule has 1 amide bonds. The summed E-state index contributed by atoms with van der Waals surface area (Å²) in [4.78, 5) is 48.1. The minimum absolute atomic E-state index is 0.101. The number of aromatic amines is 1. The number of fused-ring (bicyclic) bond motifs is 2. The lowest BCUT2D eigenvalue weighted by Crippen LogP contribution is -2.68. The molecule has 4 N–H and O–H groups in total. The number of amides is 1. The molecular weight excluding hydrogens is 542 g/mol. The number of nitrogens with one attached hydrogen (secondary N) is 2. The number of aromatic nitrogens is 2. The fourth-order valence-corrected chi connectivity index (χ4v) is 6.32. The number of β-lactam (4-membered cyclic amide) rings is 1. The van der Waals surface area contributed by atoms with Crippen LogP contribution >= 0.6 is 11.8 Å². The molecule has 1 aromatic heterocycles. The first-order valence-corrected chi connectivity index (χ1v) is 14.1. The van der Waals surface area contributed by atoms with Crippen LogP contribution in [0.5, 0.6) is 0 Å². The first kappa shape index (κ1) is 26.5. The van der Waals surface area contributed by atoms with Crippen molar-refractivity contribution in [3.05, 3.63) is 101 Å². The normalized spacial score (nSPS) is 18.2. The fraction of sp³-hybridized carbons (Fsp3) is 0.200. The number of thioether (sulfide) groups is 1. The van der Waals surface area contributed by atoms with Gasteiger partial charge in [-0.25, -0.2) is 9.78 Å². The smallest absolute Gasteiger partial charge is 0.356 e. The van der Waals surface area contributed by atoms with Crippen LogP contribution in [0.3, 0.4) is 0 Å². The minimum Gasteiger partial charge on any atom is -0.461 e. The van der Waals surface area contributed by atoms with E-state index in [0.29, 0.717) is 28.5 Å². The lowest BCUT2D eigenvalue weighted by molar-refractivity contribution is -0.152. The Morgan fingerprint density at radius 3 is 2.39 bits per heavy atom. The second-order valence-electron chi connectivity index (χ2n) is 9.70. The van der Waals surface area contributed by atoms with Gasteiger partial charge in [-0.2, -0.15) is 0 Å². The highest BCUT2D eigenvalue weighted by atomic mass is 32.2. The lowest BCUT2D eigenvalue weighted by Gasteiger charge is -2.49. The zero-order valence-corrected chi connectivity index (χ0v) is 22.9. The number of esters is 2. The maximum absolute atomic E-state index is 13.9. The number of nitrogen functional groups attached to an aromatic ring is 1. The fourth-order valence-electron chi connectivity index (χ4n) is 4.99. The molecule has 0 radical (unpaired) electrons. The van der Waals surface area contributed by atoms with Crippen molar-refractivity contribution < 1.29 is 23.9 Å². The average molecular weight is 570 g/mol. The topological polar surface area (TPSA) is 140 Å². The van der Waals surface area contributed by atoms with Gasteiger partial charge in [0, 0.05) is 18.2 Å². The number of imidazole rings is 1. The average Bonchev–Trinajstić information content (AvgIpc) is 3.42. The SMILES string of the molecule is CC(=O)OCC1=C(C(=O)OC(c2ccccc2)c2ccccc2)N2C(=O)[C@@H](Nc3nc4c(N)cccc4[nH]3)[C@H]2SC1. The zero-order valence-electron chi connectivity index (χ0n) is 22.1. The van der Waals surface area contributed by atoms with E-state index in [0.717, 1.165) is 16.6 Å². The molecule has 1 fully saturated rings. The van der Waals surface area contributed by atoms with Crippen molar-refractivity contribution in [3.63, 3.8) is 0 Å². The summed E-state index contributed by atoms with van der Waals surface area (Å²) < 4.78 is 11.4. The molecule has 2 atom stereocenters. The third-order valence-electron chi connectivity index (χ3n) is 6.96. The molecule has 208 valence electrons. The second-order valence-corrected chi connectivity index (χ2v) is 10.8. The van der Waals surface area contributed by atoms with Crippen molar-refractivity contribution in [3.8, 4) is 0 Å². The highest BCUT2D eigenvalue weighted by Gasteiger charge is 2.54. The molecule has 1 saturated heterocycles. The molecule has 6 rings (SSSR count). The molecule has 0 bridgehead atoms. The van der Waals surface area contributed by atoms with Crippen molar-refractivity contribution in [1.29, 1.82) is 0 Å². The number of ether oxygens (including phenoxy) is 2. The third-order valence-corrected chi connectivity index (χ3v) is 8.30. The quantitative estimate of drug-likeness (QED) is 0.163. The molecule has 2 aliphatic rings. The van der Waals surface area contributed by atoms with Crippen molar-refractivity contribution in [2.45, 2.75) is 24.4 Å². The van der Waals surface area contributed by atoms with Crippen LogP contribution in [0.4, 0.5) is 11.6 Å². The maximum atomic E-state index is 13.9. The number of H-pyrrole nitrogens is 1. The number of carbonyl (C=O) groups excluding carboxylic acids is 3. The van der Waals surface area contributed by atoms with E-state index in [1.54, 1.807) is 6.07 Å². The summed E-state index contributed by atoms with van der Waals surface area (Å²) in [6.45, 7) is 1.18. The molecule has 0 saturated carbocycles. The Kier molecular flexibility index (Phi) is 7.10. The molecule has 4 aromatic rings. The Morgan fingerprint density at radius 1 is 1.07 bits per heavy atom. The van der Waals surface area contributed by atoms with Gasteiger partial charge < -0.3 is 25.5 Å². The Hall–Kier alpha value is -4.77. The standard InChI is InChI=1S/C30H27N5O5S/c1-17(36)39-15-20-16-41-28-24(34-30-32-22-14-8-13-21(31)23(22)33-30)27(37)35(28)25(20)29(38)40-26(18-9-4-2-5-10-18)19-11-6-3-7-12-19/h2-14,24,26,28H,15-16,31H2,1H3,(H2,32,33,34)/t24-,28-/m1/s1. The van der Waals surface area contributed by atoms with Crippen LogP contribution in [0.25, 0.3) is 11.0 Å². The molecule has 0 unspecified atom stereocenters. The lowest BCUT2D eigenvalue weighted by atomic mass is 10.0. The highest BCUT2D eigenvalue weighted by Crippen LogP contribution is 2.42. The third kappa shape index (κ3) is 5.11. The first-order chi connectivity index (χ1) is 19.9. The van der Waals surface area contributed by atoms with Crippen LogP contribution in [0, 0.1) is 0 Å². The van der Waals surface area contributed by atoms with Crippen LogP contribution in [0.15, 0.2) is 90.1 Å². The molecule has 41 heavy (non-hydrogen) atoms. The van der Waals surface area contributed by atoms with Gasteiger partial charge in [0.15, 0.2) is 6.10 Å². The Morgan fingerprint density at radius 2 is 1.76 bits per heavy atom. The number of nitrogens with two attached hydrogens (primary N) is 1. The largest absolute Gasteiger partial charge is 0.461 e. The summed E-state index contributed by atoms with van der Waals surface area (Å²) in [5.41, 5.74) is 10.1. The summed E-state index contributed by atoms with van der Waals surface area (Å²) in [6.07, 6.45) is -0.702. The van der Waals surface area contributed by atoms with Gasteiger partial charge in [0.2, 0.25) is 5.95 Å². The zero-order chi connectivity index (χ0) is 28.5. The Balaban J connectivity index is 1.29. The van der Waals surface area contributed by atoms with E-state index in [-0.39, 0.29) is 18.2 Å². The predicted molar refractivity (Wildman–Crippen MR) is 155 cm³/mol. The molecule has 0 aliphatic carbocycles. The molecule has 2 aliphatic heterocycles. The van der Waals surface area contributed by atoms with Gasteiger partial charge in [0.05, 0.1) is 11.2 Å². The van der Waals surface area contributed by atoms with Gasteiger partial charge >= 0.3 is 11.9 Å². The monoisotopic (exact) mass is 569 g/mol. The van der Waals surface area contributed by atoms with Crippen molar-refractivity contribution >= 4 is 52.3 Å². The first-order valence-electron chi connectivity index (χ1n) is 13.0. The van der Waals surface area contributed by atoms with E-state index in [2.05, 4.69) is 15.3 Å². The molecule has 11 heteroatoms. The van der Waals surface area contributed by atoms with Crippen LogP contribution in [0.1, 0.15) is 24.2 Å². The van der Waals surface area contributed by atoms with E-state index in [1.807, 2.05) is 72.8 Å².